The molecular formula is C30H33ClN2O5. The van der Waals surface area contributed by atoms with Crippen LogP contribution in [0.5, 0.6) is 11.5 Å². The van der Waals surface area contributed by atoms with Crippen LogP contribution >= 0.6 is 11.6 Å². The minimum Gasteiger partial charge on any atom is -0.497 e. The van der Waals surface area contributed by atoms with Crippen LogP contribution in [0.25, 0.3) is 0 Å². The van der Waals surface area contributed by atoms with Crippen molar-refractivity contribution in [1.82, 2.24) is 10.2 Å². The van der Waals surface area contributed by atoms with E-state index in [1.807, 2.05) is 54.6 Å². The van der Waals surface area contributed by atoms with Gasteiger partial charge >= 0.3 is 0 Å². The number of carbonyl (C=O) groups excluding carboxylic acids is 2. The summed E-state index contributed by atoms with van der Waals surface area (Å²) in [7, 11) is 1.60. The van der Waals surface area contributed by atoms with E-state index in [1.54, 1.807) is 36.3 Å². The molecule has 38 heavy (non-hydrogen) atoms. The molecule has 4 rings (SSSR count). The first-order valence-electron chi connectivity index (χ1n) is 12.8. The Morgan fingerprint density at radius 1 is 1.03 bits per heavy atom. The third-order valence-corrected chi connectivity index (χ3v) is 6.81. The van der Waals surface area contributed by atoms with E-state index >= 15 is 0 Å². The Kier molecular flexibility index (Phi) is 10.0. The van der Waals surface area contributed by atoms with Crippen LogP contribution in [-0.4, -0.2) is 55.7 Å². The van der Waals surface area contributed by atoms with Gasteiger partial charge in [0.1, 0.15) is 17.5 Å². The number of halogens is 1. The van der Waals surface area contributed by atoms with Crippen LogP contribution in [0.4, 0.5) is 0 Å². The maximum atomic E-state index is 13.7. The number of ether oxygens (including phenoxy) is 3. The van der Waals surface area contributed by atoms with E-state index in [-0.39, 0.29) is 31.1 Å². The lowest BCUT2D eigenvalue weighted by Crippen LogP contribution is -2.52. The molecule has 2 unspecified atom stereocenters. The van der Waals surface area contributed by atoms with Crippen molar-refractivity contribution in [2.45, 2.75) is 38.0 Å². The maximum Gasteiger partial charge on any atom is 0.261 e. The Labute approximate surface area is 228 Å². The van der Waals surface area contributed by atoms with Gasteiger partial charge in [-0.25, -0.2) is 0 Å². The highest BCUT2D eigenvalue weighted by atomic mass is 35.5. The molecule has 0 bridgehead atoms. The lowest BCUT2D eigenvalue weighted by atomic mass is 10.0. The molecule has 2 atom stereocenters. The first-order valence-corrected chi connectivity index (χ1v) is 13.1. The van der Waals surface area contributed by atoms with Crippen molar-refractivity contribution in [2.24, 2.45) is 0 Å². The van der Waals surface area contributed by atoms with Gasteiger partial charge in [-0.2, -0.15) is 0 Å². The van der Waals surface area contributed by atoms with Gasteiger partial charge in [0.2, 0.25) is 5.91 Å². The summed E-state index contributed by atoms with van der Waals surface area (Å²) < 4.78 is 16.7. The molecule has 3 aromatic rings. The first-order chi connectivity index (χ1) is 18.5. The molecule has 1 aliphatic rings. The largest absolute Gasteiger partial charge is 0.497 e. The second-order valence-corrected chi connectivity index (χ2v) is 9.58. The summed E-state index contributed by atoms with van der Waals surface area (Å²) in [5.74, 6) is 0.566. The van der Waals surface area contributed by atoms with Crippen molar-refractivity contribution in [3.05, 3.63) is 95.0 Å². The normalized spacial score (nSPS) is 15.5. The molecule has 1 heterocycles. The van der Waals surface area contributed by atoms with E-state index in [0.29, 0.717) is 36.1 Å². The zero-order chi connectivity index (χ0) is 26.7. The summed E-state index contributed by atoms with van der Waals surface area (Å²) in [5, 5.41) is 3.44. The molecule has 1 fully saturated rings. The molecule has 2 amide bonds. The van der Waals surface area contributed by atoms with Crippen molar-refractivity contribution >= 4 is 23.4 Å². The van der Waals surface area contributed by atoms with Crippen molar-refractivity contribution in [3.8, 4) is 11.5 Å². The fourth-order valence-corrected chi connectivity index (χ4v) is 4.59. The number of benzene rings is 3. The van der Waals surface area contributed by atoms with Crippen molar-refractivity contribution < 1.29 is 23.8 Å². The van der Waals surface area contributed by atoms with Gasteiger partial charge in [0, 0.05) is 26.1 Å². The molecule has 0 saturated carbocycles. The van der Waals surface area contributed by atoms with E-state index in [9.17, 15) is 9.59 Å². The molecule has 1 saturated heterocycles. The van der Waals surface area contributed by atoms with Crippen molar-refractivity contribution in [3.63, 3.8) is 0 Å². The SMILES string of the molecule is COc1ccc(CN(C(=O)COc2ccccc2Cl)C(Cc2ccccc2)C(=O)NCC2CCCO2)cc1. The van der Waals surface area contributed by atoms with Crippen molar-refractivity contribution in [1.29, 1.82) is 0 Å². The van der Waals surface area contributed by atoms with E-state index in [4.69, 9.17) is 25.8 Å². The van der Waals surface area contributed by atoms with E-state index in [2.05, 4.69) is 5.32 Å². The van der Waals surface area contributed by atoms with Gasteiger partial charge in [0.15, 0.2) is 6.61 Å². The monoisotopic (exact) mass is 536 g/mol. The maximum absolute atomic E-state index is 13.7. The van der Waals surface area contributed by atoms with Gasteiger partial charge in [0.05, 0.1) is 18.2 Å². The Hall–Kier alpha value is -3.55. The topological polar surface area (TPSA) is 77.1 Å². The van der Waals surface area contributed by atoms with Gasteiger partial charge < -0.3 is 24.4 Å². The predicted octanol–water partition coefficient (Wildman–Crippen LogP) is 4.66. The minimum atomic E-state index is -0.761. The number of rotatable bonds is 12. The molecule has 200 valence electrons. The second-order valence-electron chi connectivity index (χ2n) is 9.17. The highest BCUT2D eigenvalue weighted by Gasteiger charge is 2.31. The molecular weight excluding hydrogens is 504 g/mol. The van der Waals surface area contributed by atoms with Gasteiger partial charge in [-0.3, -0.25) is 9.59 Å². The van der Waals surface area contributed by atoms with Crippen LogP contribution in [-0.2, 0) is 27.3 Å². The number of carbonyl (C=O) groups is 2. The van der Waals surface area contributed by atoms with Crippen molar-refractivity contribution in [2.75, 3.05) is 26.9 Å². The standard InChI is InChI=1S/C30H33ClN2O5/c1-36-24-15-13-23(14-16-24)20-33(29(34)21-38-28-12-6-5-11-26(28)31)27(18-22-8-3-2-4-9-22)30(35)32-19-25-10-7-17-37-25/h2-6,8-9,11-16,25,27H,7,10,17-21H2,1H3,(H,32,35). The average Bonchev–Trinajstić information content (AvgIpc) is 3.48. The number of methoxy groups -OCH3 is 1. The number of hydrogen-bond donors (Lipinski definition) is 1. The van der Waals surface area contributed by atoms with Gasteiger partial charge in [-0.15, -0.1) is 0 Å². The zero-order valence-corrected chi connectivity index (χ0v) is 22.2. The third-order valence-electron chi connectivity index (χ3n) is 6.50. The molecule has 1 N–H and O–H groups in total. The summed E-state index contributed by atoms with van der Waals surface area (Å²) in [6, 6.07) is 23.4. The summed E-state index contributed by atoms with van der Waals surface area (Å²) in [6.07, 6.45) is 2.23. The Balaban J connectivity index is 1.59. The van der Waals surface area contributed by atoms with Crippen LogP contribution in [0.3, 0.4) is 0 Å². The Bertz CT molecular complexity index is 1180. The average molecular weight is 537 g/mol. The number of nitrogens with zero attached hydrogens (tertiary/aromatic N) is 1. The molecule has 0 radical (unpaired) electrons. The molecule has 1 aliphatic heterocycles. The van der Waals surface area contributed by atoms with E-state index in [0.717, 1.165) is 24.0 Å². The van der Waals surface area contributed by atoms with Gasteiger partial charge in [0.25, 0.3) is 5.91 Å². The fraction of sp³-hybridized carbons (Fsp3) is 0.333. The van der Waals surface area contributed by atoms with Crippen LogP contribution in [0.1, 0.15) is 24.0 Å². The third kappa shape index (κ3) is 7.73. The number of para-hydroxylation sites is 1. The van der Waals surface area contributed by atoms with Crippen LogP contribution in [0.2, 0.25) is 5.02 Å². The quantitative estimate of drug-likeness (QED) is 0.364. The van der Waals surface area contributed by atoms with Gasteiger partial charge in [-0.1, -0.05) is 66.2 Å². The molecule has 0 spiro atoms. The lowest BCUT2D eigenvalue weighted by molar-refractivity contribution is -0.143. The summed E-state index contributed by atoms with van der Waals surface area (Å²) in [4.78, 5) is 28.9. The minimum absolute atomic E-state index is 0.00868. The zero-order valence-electron chi connectivity index (χ0n) is 21.5. The molecule has 0 aliphatic carbocycles. The highest BCUT2D eigenvalue weighted by molar-refractivity contribution is 6.32. The van der Waals surface area contributed by atoms with Crippen LogP contribution in [0, 0.1) is 0 Å². The molecule has 0 aromatic heterocycles. The summed E-state index contributed by atoms with van der Waals surface area (Å²) in [6.45, 7) is 1.07. The number of amides is 2. The smallest absolute Gasteiger partial charge is 0.261 e. The summed E-state index contributed by atoms with van der Waals surface area (Å²) in [5.41, 5.74) is 1.81. The van der Waals surface area contributed by atoms with Crippen LogP contribution in [0.15, 0.2) is 78.9 Å². The lowest BCUT2D eigenvalue weighted by Gasteiger charge is -2.32. The first kappa shape index (κ1) is 27.5. The molecule has 7 nitrogen and oxygen atoms in total. The second kappa shape index (κ2) is 13.8. The summed E-state index contributed by atoms with van der Waals surface area (Å²) >= 11 is 6.23. The fourth-order valence-electron chi connectivity index (χ4n) is 4.40. The molecule has 8 heteroatoms. The Morgan fingerprint density at radius 2 is 1.76 bits per heavy atom. The predicted molar refractivity (Wildman–Crippen MR) is 146 cm³/mol. The molecule has 3 aromatic carbocycles. The van der Waals surface area contributed by atoms with E-state index in [1.165, 1.54) is 0 Å². The number of nitrogens with one attached hydrogen (secondary N) is 1. The Morgan fingerprint density at radius 3 is 2.45 bits per heavy atom. The van der Waals surface area contributed by atoms with E-state index < -0.39 is 6.04 Å². The van der Waals surface area contributed by atoms with Gasteiger partial charge in [-0.05, 0) is 48.2 Å². The number of hydrogen-bond acceptors (Lipinski definition) is 5. The van der Waals surface area contributed by atoms with Crippen LogP contribution < -0.4 is 14.8 Å². The highest BCUT2D eigenvalue weighted by Crippen LogP contribution is 2.24.